The van der Waals surface area contributed by atoms with Crippen molar-refractivity contribution in [2.45, 2.75) is 38.5 Å². The first-order chi connectivity index (χ1) is 12.0. The van der Waals surface area contributed by atoms with Gasteiger partial charge in [-0.05, 0) is 49.3 Å². The molecule has 0 atom stereocenters. The number of carbonyl (C=O) groups excluding carboxylic acids is 2. The van der Waals surface area contributed by atoms with Crippen molar-refractivity contribution in [1.29, 1.82) is 0 Å². The van der Waals surface area contributed by atoms with Gasteiger partial charge in [-0.1, -0.05) is 12.1 Å². The summed E-state index contributed by atoms with van der Waals surface area (Å²) in [6, 6.07) is 6.25. The molecule has 1 aromatic carbocycles. The van der Waals surface area contributed by atoms with Gasteiger partial charge in [0.2, 0.25) is 11.8 Å². The Bertz CT molecular complexity index is 678. The maximum atomic E-state index is 13.3. The van der Waals surface area contributed by atoms with Crippen LogP contribution in [0.4, 0.5) is 4.39 Å². The van der Waals surface area contributed by atoms with Crippen LogP contribution in [0.1, 0.15) is 37.7 Å². The van der Waals surface area contributed by atoms with Crippen molar-refractivity contribution in [3.63, 3.8) is 0 Å². The Morgan fingerprint density at radius 1 is 1.24 bits per heavy atom. The quantitative estimate of drug-likeness (QED) is 0.842. The molecule has 0 aromatic heterocycles. The largest absolute Gasteiger partial charge is 0.342 e. The van der Waals surface area contributed by atoms with E-state index >= 15 is 0 Å². The summed E-state index contributed by atoms with van der Waals surface area (Å²) in [5.41, 5.74) is 0.790. The van der Waals surface area contributed by atoms with Crippen LogP contribution in [0.3, 0.4) is 0 Å². The van der Waals surface area contributed by atoms with E-state index in [1.165, 1.54) is 25.0 Å². The van der Waals surface area contributed by atoms with E-state index in [1.807, 2.05) is 4.90 Å². The average molecular weight is 344 g/mol. The fourth-order valence-electron chi connectivity index (χ4n) is 4.26. The van der Waals surface area contributed by atoms with Gasteiger partial charge in [0.25, 0.3) is 0 Å². The summed E-state index contributed by atoms with van der Waals surface area (Å²) in [7, 11) is 0. The summed E-state index contributed by atoms with van der Waals surface area (Å²) in [5.74, 6) is 0.779. The molecule has 4 nitrogen and oxygen atoms in total. The van der Waals surface area contributed by atoms with Crippen molar-refractivity contribution in [3.05, 3.63) is 35.6 Å². The first-order valence-electron chi connectivity index (χ1n) is 9.33. The van der Waals surface area contributed by atoms with E-state index in [0.29, 0.717) is 25.4 Å². The average Bonchev–Trinajstić information content (AvgIpc) is 3.33. The first-order valence-corrected chi connectivity index (χ1v) is 9.33. The molecule has 1 saturated carbocycles. The molecule has 0 unspecified atom stereocenters. The monoisotopic (exact) mass is 344 g/mol. The summed E-state index contributed by atoms with van der Waals surface area (Å²) in [6.45, 7) is 3.22. The van der Waals surface area contributed by atoms with E-state index in [-0.39, 0.29) is 23.6 Å². The van der Waals surface area contributed by atoms with Crippen LogP contribution in [0.2, 0.25) is 0 Å². The second-order valence-corrected chi connectivity index (χ2v) is 8.08. The van der Waals surface area contributed by atoms with Crippen molar-refractivity contribution in [1.82, 2.24) is 9.80 Å². The third-order valence-electron chi connectivity index (χ3n) is 6.00. The summed E-state index contributed by atoms with van der Waals surface area (Å²) < 4.78 is 13.3. The molecular formula is C20H25FN2O2. The highest BCUT2D eigenvalue weighted by molar-refractivity contribution is 5.80. The number of piperidine rings is 1. The summed E-state index contributed by atoms with van der Waals surface area (Å²) in [6.07, 6.45) is 5.21. The normalized spacial score (nSPS) is 22.7. The van der Waals surface area contributed by atoms with Crippen molar-refractivity contribution < 1.29 is 14.0 Å². The maximum absolute atomic E-state index is 13.3. The Kier molecular flexibility index (Phi) is 4.26. The van der Waals surface area contributed by atoms with Crippen LogP contribution in [-0.4, -0.2) is 47.8 Å². The highest BCUT2D eigenvalue weighted by Crippen LogP contribution is 2.42. The van der Waals surface area contributed by atoms with Crippen LogP contribution in [-0.2, 0) is 16.0 Å². The van der Waals surface area contributed by atoms with Crippen molar-refractivity contribution in [2.75, 3.05) is 26.2 Å². The minimum atomic E-state index is -0.303. The van der Waals surface area contributed by atoms with Crippen LogP contribution in [0.5, 0.6) is 0 Å². The third-order valence-corrected chi connectivity index (χ3v) is 6.00. The van der Waals surface area contributed by atoms with Crippen molar-refractivity contribution in [3.8, 4) is 0 Å². The number of hydrogen-bond acceptors (Lipinski definition) is 2. The molecule has 4 rings (SSSR count). The predicted molar refractivity (Wildman–Crippen MR) is 92.3 cm³/mol. The standard InChI is InChI=1S/C20H25FN2O2/c21-17-3-1-2-16(10-17)11-18(24)22-8-6-20(7-9-22)12-19(25)23(14-20)13-15-4-5-15/h1-3,10,15H,4-9,11-14H2. The number of benzene rings is 1. The predicted octanol–water partition coefficient (Wildman–Crippen LogP) is 2.62. The third kappa shape index (κ3) is 3.70. The molecule has 134 valence electrons. The van der Waals surface area contributed by atoms with Crippen LogP contribution >= 0.6 is 0 Å². The number of halogens is 1. The SMILES string of the molecule is O=C(Cc1cccc(F)c1)N1CCC2(CC1)CC(=O)N(CC1CC1)C2. The number of amides is 2. The van der Waals surface area contributed by atoms with Gasteiger partial charge < -0.3 is 9.80 Å². The fraction of sp³-hybridized carbons (Fsp3) is 0.600. The molecule has 25 heavy (non-hydrogen) atoms. The molecular weight excluding hydrogens is 319 g/mol. The molecule has 2 aliphatic heterocycles. The zero-order valence-electron chi connectivity index (χ0n) is 14.5. The second kappa shape index (κ2) is 6.43. The van der Waals surface area contributed by atoms with Crippen LogP contribution < -0.4 is 0 Å². The van der Waals surface area contributed by atoms with Gasteiger partial charge >= 0.3 is 0 Å². The van der Waals surface area contributed by atoms with Gasteiger partial charge in [-0.25, -0.2) is 4.39 Å². The minimum Gasteiger partial charge on any atom is -0.342 e. The van der Waals surface area contributed by atoms with E-state index in [0.717, 1.165) is 37.4 Å². The number of likely N-dealkylation sites (tertiary alicyclic amines) is 2. The van der Waals surface area contributed by atoms with Gasteiger partial charge in [-0.3, -0.25) is 9.59 Å². The van der Waals surface area contributed by atoms with Gasteiger partial charge in [-0.2, -0.15) is 0 Å². The lowest BCUT2D eigenvalue weighted by Crippen LogP contribution is -2.44. The molecule has 3 fully saturated rings. The van der Waals surface area contributed by atoms with Crippen molar-refractivity contribution in [2.24, 2.45) is 11.3 Å². The summed E-state index contributed by atoms with van der Waals surface area (Å²) in [4.78, 5) is 28.7. The zero-order valence-corrected chi connectivity index (χ0v) is 14.5. The molecule has 5 heteroatoms. The number of carbonyl (C=O) groups is 2. The Morgan fingerprint density at radius 2 is 2.00 bits per heavy atom. The van der Waals surface area contributed by atoms with Crippen LogP contribution in [0.15, 0.2) is 24.3 Å². The van der Waals surface area contributed by atoms with E-state index in [2.05, 4.69) is 4.90 Å². The smallest absolute Gasteiger partial charge is 0.226 e. The van der Waals surface area contributed by atoms with Gasteiger partial charge in [0.05, 0.1) is 6.42 Å². The summed E-state index contributed by atoms with van der Waals surface area (Å²) in [5, 5.41) is 0. The Morgan fingerprint density at radius 3 is 2.68 bits per heavy atom. The molecule has 0 N–H and O–H groups in total. The maximum Gasteiger partial charge on any atom is 0.226 e. The molecule has 2 amide bonds. The van der Waals surface area contributed by atoms with E-state index in [4.69, 9.17) is 0 Å². The summed E-state index contributed by atoms with van der Waals surface area (Å²) >= 11 is 0. The van der Waals surface area contributed by atoms with Gasteiger partial charge in [0.15, 0.2) is 0 Å². The van der Waals surface area contributed by atoms with Gasteiger partial charge in [0.1, 0.15) is 5.82 Å². The Labute approximate surface area is 148 Å². The number of nitrogens with zero attached hydrogens (tertiary/aromatic N) is 2. The lowest BCUT2D eigenvalue weighted by Gasteiger charge is -2.39. The van der Waals surface area contributed by atoms with Crippen molar-refractivity contribution >= 4 is 11.8 Å². The van der Waals surface area contributed by atoms with Gasteiger partial charge in [0, 0.05) is 38.0 Å². The molecule has 0 radical (unpaired) electrons. The molecule has 0 bridgehead atoms. The van der Waals surface area contributed by atoms with E-state index in [1.54, 1.807) is 12.1 Å². The number of hydrogen-bond donors (Lipinski definition) is 0. The molecule has 2 heterocycles. The molecule has 2 saturated heterocycles. The molecule has 1 aliphatic carbocycles. The molecule has 3 aliphatic rings. The minimum absolute atomic E-state index is 0.0552. The van der Waals surface area contributed by atoms with Crippen LogP contribution in [0.25, 0.3) is 0 Å². The number of rotatable bonds is 4. The van der Waals surface area contributed by atoms with Gasteiger partial charge in [-0.15, -0.1) is 0 Å². The first kappa shape index (κ1) is 16.6. The Balaban J connectivity index is 1.32. The van der Waals surface area contributed by atoms with E-state index < -0.39 is 0 Å². The topological polar surface area (TPSA) is 40.6 Å². The highest BCUT2D eigenvalue weighted by atomic mass is 19.1. The molecule has 1 aromatic rings. The lowest BCUT2D eigenvalue weighted by atomic mass is 9.77. The zero-order chi connectivity index (χ0) is 17.4. The Hall–Kier alpha value is -1.91. The fourth-order valence-corrected chi connectivity index (χ4v) is 4.26. The van der Waals surface area contributed by atoms with E-state index in [9.17, 15) is 14.0 Å². The lowest BCUT2D eigenvalue weighted by molar-refractivity contribution is -0.132. The molecule has 1 spiro atoms. The second-order valence-electron chi connectivity index (χ2n) is 8.08. The van der Waals surface area contributed by atoms with Crippen LogP contribution in [0, 0.1) is 17.2 Å². The highest BCUT2D eigenvalue weighted by Gasteiger charge is 2.46.